The molecule has 1 heterocycles. The summed E-state index contributed by atoms with van der Waals surface area (Å²) in [6, 6.07) is 1.90. The topological polar surface area (TPSA) is 33.2 Å². The van der Waals surface area contributed by atoms with E-state index in [2.05, 4.69) is 23.7 Å². The SMILES string of the molecule is CCN(CC)C(C)(C)C(=O)c1cncc(C)c1. The number of aryl methyl sites for hydroxylation is 1. The number of rotatable bonds is 5. The summed E-state index contributed by atoms with van der Waals surface area (Å²) in [5, 5.41) is 0. The molecule has 0 radical (unpaired) electrons. The number of pyridine rings is 1. The zero-order valence-corrected chi connectivity index (χ0v) is 11.4. The third-order valence-electron chi connectivity index (χ3n) is 3.25. The normalized spacial score (nSPS) is 11.9. The number of hydrogen-bond donors (Lipinski definition) is 0. The van der Waals surface area contributed by atoms with E-state index in [0.29, 0.717) is 5.56 Å². The third kappa shape index (κ3) is 2.91. The van der Waals surface area contributed by atoms with Gasteiger partial charge in [0.2, 0.25) is 0 Å². The van der Waals surface area contributed by atoms with Crippen molar-refractivity contribution in [2.75, 3.05) is 13.1 Å². The molecule has 0 spiro atoms. The van der Waals surface area contributed by atoms with Crippen LogP contribution >= 0.6 is 0 Å². The van der Waals surface area contributed by atoms with Crippen molar-refractivity contribution >= 4 is 5.78 Å². The van der Waals surface area contributed by atoms with Crippen LogP contribution in [0, 0.1) is 6.92 Å². The highest BCUT2D eigenvalue weighted by Crippen LogP contribution is 2.20. The van der Waals surface area contributed by atoms with E-state index >= 15 is 0 Å². The summed E-state index contributed by atoms with van der Waals surface area (Å²) in [5.41, 5.74) is 1.24. The van der Waals surface area contributed by atoms with Crippen molar-refractivity contribution in [1.29, 1.82) is 0 Å². The second-order valence-corrected chi connectivity index (χ2v) is 4.81. The molecular formula is C14H22N2O. The molecule has 0 bridgehead atoms. The van der Waals surface area contributed by atoms with Gasteiger partial charge in [-0.2, -0.15) is 0 Å². The van der Waals surface area contributed by atoms with Gasteiger partial charge in [0, 0.05) is 18.0 Å². The fraction of sp³-hybridized carbons (Fsp3) is 0.571. The zero-order chi connectivity index (χ0) is 13.1. The van der Waals surface area contributed by atoms with E-state index in [1.807, 2.05) is 26.8 Å². The number of ketones is 1. The molecule has 1 aromatic rings. The van der Waals surface area contributed by atoms with Crippen LogP contribution in [0.3, 0.4) is 0 Å². The van der Waals surface area contributed by atoms with Gasteiger partial charge >= 0.3 is 0 Å². The molecule has 0 fully saturated rings. The van der Waals surface area contributed by atoms with Crippen molar-refractivity contribution < 1.29 is 4.79 Å². The summed E-state index contributed by atoms with van der Waals surface area (Å²) >= 11 is 0. The van der Waals surface area contributed by atoms with Crippen molar-refractivity contribution in [1.82, 2.24) is 9.88 Å². The molecule has 0 N–H and O–H groups in total. The molecule has 3 heteroatoms. The Morgan fingerprint density at radius 2 is 1.88 bits per heavy atom. The summed E-state index contributed by atoms with van der Waals surface area (Å²) in [7, 11) is 0. The Kier molecular flexibility index (Phi) is 4.40. The second kappa shape index (κ2) is 5.41. The van der Waals surface area contributed by atoms with Crippen LogP contribution in [0.1, 0.15) is 43.6 Å². The minimum absolute atomic E-state index is 0.136. The molecule has 3 nitrogen and oxygen atoms in total. The highest BCUT2D eigenvalue weighted by Gasteiger charge is 2.33. The van der Waals surface area contributed by atoms with Crippen molar-refractivity contribution in [3.8, 4) is 0 Å². The highest BCUT2D eigenvalue weighted by molar-refractivity contribution is 6.02. The summed E-state index contributed by atoms with van der Waals surface area (Å²) in [6.07, 6.45) is 3.42. The van der Waals surface area contributed by atoms with E-state index in [1.54, 1.807) is 12.4 Å². The molecule has 1 aromatic heterocycles. The average molecular weight is 234 g/mol. The molecule has 0 unspecified atom stereocenters. The van der Waals surface area contributed by atoms with Gasteiger partial charge in [-0.05, 0) is 45.5 Å². The van der Waals surface area contributed by atoms with Crippen LogP contribution in [-0.4, -0.2) is 34.3 Å². The quantitative estimate of drug-likeness (QED) is 0.734. The van der Waals surface area contributed by atoms with E-state index in [4.69, 9.17) is 0 Å². The van der Waals surface area contributed by atoms with E-state index in [9.17, 15) is 4.79 Å². The molecule has 0 aliphatic rings. The van der Waals surface area contributed by atoms with Gasteiger partial charge in [0.15, 0.2) is 5.78 Å². The first-order valence-electron chi connectivity index (χ1n) is 6.15. The number of Topliss-reactive ketones (excluding diaryl/α,β-unsaturated/α-hetero) is 1. The maximum Gasteiger partial charge on any atom is 0.184 e. The standard InChI is InChI=1S/C14H22N2O/c1-6-16(7-2)14(4,5)13(17)12-8-11(3)9-15-10-12/h8-10H,6-7H2,1-5H3. The van der Waals surface area contributed by atoms with Crippen LogP contribution in [0.5, 0.6) is 0 Å². The molecule has 0 saturated carbocycles. The Bertz CT molecular complexity index is 395. The second-order valence-electron chi connectivity index (χ2n) is 4.81. The van der Waals surface area contributed by atoms with Gasteiger partial charge in [-0.3, -0.25) is 14.7 Å². The highest BCUT2D eigenvalue weighted by atomic mass is 16.1. The lowest BCUT2D eigenvalue weighted by Gasteiger charge is -2.35. The molecule has 0 atom stereocenters. The van der Waals surface area contributed by atoms with Crippen LogP contribution in [0.4, 0.5) is 0 Å². The smallest absolute Gasteiger partial charge is 0.184 e. The predicted octanol–water partition coefficient (Wildman–Crippen LogP) is 2.69. The van der Waals surface area contributed by atoms with Crippen molar-refractivity contribution in [3.63, 3.8) is 0 Å². The third-order valence-corrected chi connectivity index (χ3v) is 3.25. The Morgan fingerprint density at radius 3 is 2.35 bits per heavy atom. The molecule has 94 valence electrons. The number of aromatic nitrogens is 1. The Labute approximate surface area is 104 Å². The number of carbonyl (C=O) groups is 1. The minimum Gasteiger partial charge on any atom is -0.292 e. The Morgan fingerprint density at radius 1 is 1.29 bits per heavy atom. The predicted molar refractivity (Wildman–Crippen MR) is 70.3 cm³/mol. The first kappa shape index (κ1) is 13.8. The monoisotopic (exact) mass is 234 g/mol. The zero-order valence-electron chi connectivity index (χ0n) is 11.4. The maximum absolute atomic E-state index is 12.5. The Hall–Kier alpha value is -1.22. The first-order valence-corrected chi connectivity index (χ1v) is 6.15. The average Bonchev–Trinajstić information content (AvgIpc) is 2.29. The van der Waals surface area contributed by atoms with Gasteiger partial charge in [0.1, 0.15) is 0 Å². The van der Waals surface area contributed by atoms with E-state index in [1.165, 1.54) is 0 Å². The minimum atomic E-state index is -0.473. The number of carbonyl (C=O) groups excluding carboxylic acids is 1. The largest absolute Gasteiger partial charge is 0.292 e. The molecule has 0 aliphatic heterocycles. The fourth-order valence-corrected chi connectivity index (χ4v) is 2.19. The maximum atomic E-state index is 12.5. The molecule has 17 heavy (non-hydrogen) atoms. The summed E-state index contributed by atoms with van der Waals surface area (Å²) in [4.78, 5) is 18.8. The van der Waals surface area contributed by atoms with Crippen LogP contribution in [0.25, 0.3) is 0 Å². The van der Waals surface area contributed by atoms with Gasteiger partial charge in [-0.25, -0.2) is 0 Å². The lowest BCUT2D eigenvalue weighted by molar-refractivity contribution is 0.0668. The van der Waals surface area contributed by atoms with Gasteiger partial charge in [0.05, 0.1) is 5.54 Å². The van der Waals surface area contributed by atoms with Crippen LogP contribution < -0.4 is 0 Å². The van der Waals surface area contributed by atoms with Crippen LogP contribution in [0.15, 0.2) is 18.5 Å². The van der Waals surface area contributed by atoms with Crippen LogP contribution in [0.2, 0.25) is 0 Å². The lowest BCUT2D eigenvalue weighted by atomic mass is 9.91. The first-order chi connectivity index (χ1) is 7.93. The number of nitrogens with zero attached hydrogens (tertiary/aromatic N) is 2. The summed E-state index contributed by atoms with van der Waals surface area (Å²) in [5.74, 6) is 0.136. The Balaban J connectivity index is 3.03. The summed E-state index contributed by atoms with van der Waals surface area (Å²) < 4.78 is 0. The van der Waals surface area contributed by atoms with Crippen molar-refractivity contribution in [2.45, 2.75) is 40.2 Å². The van der Waals surface area contributed by atoms with E-state index in [-0.39, 0.29) is 5.78 Å². The lowest BCUT2D eigenvalue weighted by Crippen LogP contribution is -2.49. The van der Waals surface area contributed by atoms with Gasteiger partial charge in [0.25, 0.3) is 0 Å². The van der Waals surface area contributed by atoms with Crippen LogP contribution in [-0.2, 0) is 0 Å². The molecular weight excluding hydrogens is 212 g/mol. The van der Waals surface area contributed by atoms with E-state index in [0.717, 1.165) is 18.7 Å². The van der Waals surface area contributed by atoms with Gasteiger partial charge in [-0.1, -0.05) is 13.8 Å². The molecule has 0 aromatic carbocycles. The summed E-state index contributed by atoms with van der Waals surface area (Å²) in [6.45, 7) is 11.8. The van der Waals surface area contributed by atoms with Gasteiger partial charge in [-0.15, -0.1) is 0 Å². The van der Waals surface area contributed by atoms with E-state index < -0.39 is 5.54 Å². The molecule has 0 amide bonds. The molecule has 0 aliphatic carbocycles. The molecule has 1 rings (SSSR count). The fourth-order valence-electron chi connectivity index (χ4n) is 2.19. The molecule has 0 saturated heterocycles. The van der Waals surface area contributed by atoms with Crippen molar-refractivity contribution in [2.24, 2.45) is 0 Å². The number of hydrogen-bond acceptors (Lipinski definition) is 3. The number of likely N-dealkylation sites (N-methyl/N-ethyl adjacent to an activating group) is 1. The van der Waals surface area contributed by atoms with Gasteiger partial charge < -0.3 is 0 Å². The van der Waals surface area contributed by atoms with Crippen molar-refractivity contribution in [3.05, 3.63) is 29.6 Å².